The maximum absolute atomic E-state index is 2.43. The van der Waals surface area contributed by atoms with E-state index >= 15 is 0 Å². The van der Waals surface area contributed by atoms with Crippen molar-refractivity contribution in [1.29, 1.82) is 0 Å². The molecule has 0 amide bonds. The molecule has 11 aromatic rings. The first kappa shape index (κ1) is 32.0. The Hall–Kier alpha value is -6.52. The van der Waals surface area contributed by atoms with Gasteiger partial charge in [-0.3, -0.25) is 0 Å². The minimum absolute atomic E-state index is 1.11. The molecule has 3 heteroatoms. The van der Waals surface area contributed by atoms with Crippen LogP contribution in [-0.2, 0) is 0 Å². The van der Waals surface area contributed by atoms with E-state index in [2.05, 4.69) is 205 Å². The number of rotatable bonds is 6. The number of fused-ring (bicyclic) bond motifs is 7. The molecule has 0 N–H and O–H groups in total. The molecular weight excluding hydrogens is 703 g/mol. The lowest BCUT2D eigenvalue weighted by atomic mass is 9.98. The number of nitrogens with zero attached hydrogens (tertiary/aromatic N) is 1. The smallest absolute Gasteiger partial charge is 0.0540 e. The van der Waals surface area contributed by atoms with Crippen LogP contribution < -0.4 is 4.90 Å². The van der Waals surface area contributed by atoms with E-state index in [1.54, 1.807) is 0 Å². The number of para-hydroxylation sites is 1. The molecule has 0 saturated heterocycles. The van der Waals surface area contributed by atoms with Crippen molar-refractivity contribution in [2.45, 2.75) is 0 Å². The summed E-state index contributed by atoms with van der Waals surface area (Å²) in [5, 5.41) is 7.75. The van der Waals surface area contributed by atoms with Gasteiger partial charge in [0.05, 0.1) is 5.69 Å². The van der Waals surface area contributed by atoms with Crippen molar-refractivity contribution < 1.29 is 0 Å². The van der Waals surface area contributed by atoms with E-state index in [-0.39, 0.29) is 0 Å². The first-order valence-electron chi connectivity index (χ1n) is 18.7. The topological polar surface area (TPSA) is 3.24 Å². The van der Waals surface area contributed by atoms with Crippen LogP contribution in [0.4, 0.5) is 17.1 Å². The van der Waals surface area contributed by atoms with E-state index in [1.807, 2.05) is 22.7 Å². The first-order valence-corrected chi connectivity index (χ1v) is 20.3. The highest BCUT2D eigenvalue weighted by molar-refractivity contribution is 7.26. The molecule has 0 radical (unpaired) electrons. The summed E-state index contributed by atoms with van der Waals surface area (Å²) in [6.45, 7) is 0. The van der Waals surface area contributed by atoms with Crippen molar-refractivity contribution >= 4 is 90.9 Å². The molecule has 0 saturated carbocycles. The summed E-state index contributed by atoms with van der Waals surface area (Å²) in [6, 6.07) is 73.5. The molecule has 2 aromatic heterocycles. The quantitative estimate of drug-likeness (QED) is 0.164. The van der Waals surface area contributed by atoms with Crippen LogP contribution in [0.15, 0.2) is 200 Å². The summed E-state index contributed by atoms with van der Waals surface area (Å²) in [5.41, 5.74) is 10.6. The molecule has 1 nitrogen and oxygen atoms in total. The average molecular weight is 736 g/mol. The van der Waals surface area contributed by atoms with Gasteiger partial charge in [0.25, 0.3) is 0 Å². The molecule has 0 aliphatic rings. The number of hydrogen-bond acceptors (Lipinski definition) is 3. The molecule has 258 valence electrons. The van der Waals surface area contributed by atoms with Gasteiger partial charge in [-0.2, -0.15) is 0 Å². The van der Waals surface area contributed by atoms with Gasteiger partial charge in [0.15, 0.2) is 0 Å². The molecule has 0 bridgehead atoms. The summed E-state index contributed by atoms with van der Waals surface area (Å²) >= 11 is 3.74. The van der Waals surface area contributed by atoms with Gasteiger partial charge in [0.2, 0.25) is 0 Å². The highest BCUT2D eigenvalue weighted by Gasteiger charge is 2.19. The summed E-state index contributed by atoms with van der Waals surface area (Å²) in [6.07, 6.45) is 0. The first-order chi connectivity index (χ1) is 27.2. The molecule has 0 spiro atoms. The Balaban J connectivity index is 1.08. The number of anilines is 3. The summed E-state index contributed by atoms with van der Waals surface area (Å²) < 4.78 is 5.29. The van der Waals surface area contributed by atoms with E-state index in [0.29, 0.717) is 0 Å². The molecular formula is C52H33NS2. The molecule has 0 fully saturated rings. The fourth-order valence-electron chi connectivity index (χ4n) is 8.19. The van der Waals surface area contributed by atoms with Gasteiger partial charge in [-0.05, 0) is 99.3 Å². The minimum Gasteiger partial charge on any atom is -0.310 e. The van der Waals surface area contributed by atoms with Gasteiger partial charge >= 0.3 is 0 Å². The van der Waals surface area contributed by atoms with E-state index in [4.69, 9.17) is 0 Å². The van der Waals surface area contributed by atoms with Gasteiger partial charge < -0.3 is 4.90 Å². The highest BCUT2D eigenvalue weighted by atomic mass is 32.1. The zero-order valence-electron chi connectivity index (χ0n) is 29.8. The fraction of sp³-hybridized carbons (Fsp3) is 0. The second kappa shape index (κ2) is 13.1. The normalized spacial score (nSPS) is 11.6. The van der Waals surface area contributed by atoms with Crippen molar-refractivity contribution in [2.75, 3.05) is 4.90 Å². The lowest BCUT2D eigenvalue weighted by Gasteiger charge is -2.28. The zero-order valence-corrected chi connectivity index (χ0v) is 31.4. The summed E-state index contributed by atoms with van der Waals surface area (Å²) in [4.78, 5) is 2.43. The zero-order chi connectivity index (χ0) is 36.3. The third-order valence-corrected chi connectivity index (χ3v) is 13.2. The van der Waals surface area contributed by atoms with E-state index in [9.17, 15) is 0 Å². The van der Waals surface area contributed by atoms with Crippen molar-refractivity contribution in [3.63, 3.8) is 0 Å². The predicted octanol–water partition coefficient (Wildman–Crippen LogP) is 16.0. The summed E-state index contributed by atoms with van der Waals surface area (Å²) in [7, 11) is 0. The fourth-order valence-corrected chi connectivity index (χ4v) is 10.5. The van der Waals surface area contributed by atoms with E-state index in [1.165, 1.54) is 84.5 Å². The van der Waals surface area contributed by atoms with Gasteiger partial charge in [-0.25, -0.2) is 0 Å². The second-order valence-electron chi connectivity index (χ2n) is 14.1. The molecule has 9 aromatic carbocycles. The summed E-state index contributed by atoms with van der Waals surface area (Å²) in [5.74, 6) is 0. The van der Waals surface area contributed by atoms with Crippen LogP contribution in [0.1, 0.15) is 0 Å². The number of benzene rings is 9. The van der Waals surface area contributed by atoms with Gasteiger partial charge in [-0.15, -0.1) is 22.7 Å². The standard InChI is InChI=1S/C52H33NS2/c1-2-12-36-31-38(24-23-34(36)11-1)37-13-9-14-41(32-37)53(40-28-25-35(26-29-40)43-18-10-19-46-44-16-4-8-22-50(44)55-52(43)46)48-20-6-3-15-42(48)39-27-30-51-47(33-39)45-17-5-7-21-49(45)54-51/h1-33H. The minimum atomic E-state index is 1.11. The van der Waals surface area contributed by atoms with E-state index < -0.39 is 0 Å². The Morgan fingerprint density at radius 2 is 0.927 bits per heavy atom. The second-order valence-corrected chi connectivity index (χ2v) is 16.2. The Kier molecular flexibility index (Phi) is 7.61. The molecule has 11 rings (SSSR count). The van der Waals surface area contributed by atoms with Crippen LogP contribution in [0.25, 0.3) is 84.5 Å². The third-order valence-electron chi connectivity index (χ3n) is 10.9. The molecule has 2 heterocycles. The van der Waals surface area contributed by atoms with Gasteiger partial charge in [0, 0.05) is 57.3 Å². The van der Waals surface area contributed by atoms with Crippen molar-refractivity contribution in [3.8, 4) is 33.4 Å². The molecule has 0 atom stereocenters. The van der Waals surface area contributed by atoms with Crippen molar-refractivity contribution in [1.82, 2.24) is 0 Å². The van der Waals surface area contributed by atoms with Crippen molar-refractivity contribution in [3.05, 3.63) is 200 Å². The Morgan fingerprint density at radius 3 is 1.80 bits per heavy atom. The predicted molar refractivity (Wildman–Crippen MR) is 241 cm³/mol. The Morgan fingerprint density at radius 1 is 0.309 bits per heavy atom. The molecule has 55 heavy (non-hydrogen) atoms. The van der Waals surface area contributed by atoms with Gasteiger partial charge in [-0.1, -0.05) is 140 Å². The van der Waals surface area contributed by atoms with Gasteiger partial charge in [0.1, 0.15) is 0 Å². The van der Waals surface area contributed by atoms with Crippen LogP contribution >= 0.6 is 22.7 Å². The number of thiophene rings is 2. The van der Waals surface area contributed by atoms with Crippen LogP contribution in [0.2, 0.25) is 0 Å². The highest BCUT2D eigenvalue weighted by Crippen LogP contribution is 2.45. The van der Waals surface area contributed by atoms with Crippen LogP contribution in [0.3, 0.4) is 0 Å². The third kappa shape index (κ3) is 5.51. The Labute approximate surface area is 327 Å². The SMILES string of the molecule is c1cc(-c2ccc3ccccc3c2)cc(N(c2ccc(-c3cccc4c3sc3ccccc34)cc2)c2ccccc2-c2ccc3sc4ccccc4c3c2)c1. The number of hydrogen-bond donors (Lipinski definition) is 0. The van der Waals surface area contributed by atoms with Crippen LogP contribution in [-0.4, -0.2) is 0 Å². The maximum atomic E-state index is 2.43. The average Bonchev–Trinajstić information content (AvgIpc) is 3.82. The largest absolute Gasteiger partial charge is 0.310 e. The lowest BCUT2D eigenvalue weighted by Crippen LogP contribution is -2.11. The van der Waals surface area contributed by atoms with Crippen molar-refractivity contribution in [2.24, 2.45) is 0 Å². The van der Waals surface area contributed by atoms with E-state index in [0.717, 1.165) is 17.1 Å². The maximum Gasteiger partial charge on any atom is 0.0540 e. The monoisotopic (exact) mass is 735 g/mol. The van der Waals surface area contributed by atoms with Crippen LogP contribution in [0.5, 0.6) is 0 Å². The molecule has 0 aliphatic heterocycles. The van der Waals surface area contributed by atoms with Crippen LogP contribution in [0, 0.1) is 0 Å². The lowest BCUT2D eigenvalue weighted by molar-refractivity contribution is 1.28. The molecule has 0 aliphatic carbocycles. The molecule has 0 unspecified atom stereocenters. The Bertz CT molecular complexity index is 3220.